The number of nitrogens with two attached hydrogens (primary N) is 1. The number of rotatable bonds is 7. The lowest BCUT2D eigenvalue weighted by Gasteiger charge is -2.46. The Bertz CT molecular complexity index is 1040. The zero-order chi connectivity index (χ0) is 22.2. The summed E-state index contributed by atoms with van der Waals surface area (Å²) in [5.74, 6) is -3.02. The van der Waals surface area contributed by atoms with Gasteiger partial charge in [-0.2, -0.15) is 12.7 Å². The minimum Gasteiger partial charge on any atom is -0.389 e. The molecule has 17 heteroatoms. The van der Waals surface area contributed by atoms with Crippen LogP contribution in [0.1, 0.15) is 5.69 Å². The summed E-state index contributed by atoms with van der Waals surface area (Å²) < 4.78 is 32.2. The molecule has 0 saturated carbocycles. The summed E-state index contributed by atoms with van der Waals surface area (Å²) in [5, 5.41) is 7.45. The van der Waals surface area contributed by atoms with E-state index in [1.807, 2.05) is 0 Å². The van der Waals surface area contributed by atoms with Crippen molar-refractivity contribution in [3.8, 4) is 0 Å². The molecular formula is C13H15N7O8S2. The Labute approximate surface area is 172 Å². The highest BCUT2D eigenvalue weighted by molar-refractivity contribution is 7.84. The SMILES string of the molecule is CN1CC(=O)N(C2C(NC(=O)/C=N/OCc3csc(N)n3)C(=O)N2S(=O)(=O)O)C1=O. The van der Waals surface area contributed by atoms with Crippen LogP contribution < -0.4 is 11.1 Å². The lowest BCUT2D eigenvalue weighted by atomic mass is 10.0. The molecule has 0 radical (unpaired) electrons. The van der Waals surface area contributed by atoms with Gasteiger partial charge >= 0.3 is 16.3 Å². The van der Waals surface area contributed by atoms with Gasteiger partial charge in [0.05, 0.1) is 5.69 Å². The first-order valence-electron chi connectivity index (χ1n) is 8.04. The van der Waals surface area contributed by atoms with Crippen molar-refractivity contribution in [2.24, 2.45) is 5.16 Å². The highest BCUT2D eigenvalue weighted by Crippen LogP contribution is 2.29. The monoisotopic (exact) mass is 461 g/mol. The van der Waals surface area contributed by atoms with Gasteiger partial charge < -0.3 is 20.8 Å². The van der Waals surface area contributed by atoms with E-state index in [1.54, 1.807) is 5.38 Å². The van der Waals surface area contributed by atoms with Gasteiger partial charge in [0.1, 0.15) is 12.8 Å². The van der Waals surface area contributed by atoms with Crippen molar-refractivity contribution in [1.82, 2.24) is 24.4 Å². The third-order valence-corrected chi connectivity index (χ3v) is 5.65. The number of aromatic nitrogens is 1. The number of likely N-dealkylation sites (N-methyl/N-ethyl adjacent to an activating group) is 1. The van der Waals surface area contributed by atoms with Gasteiger partial charge in [0.25, 0.3) is 17.7 Å². The van der Waals surface area contributed by atoms with E-state index in [9.17, 15) is 32.1 Å². The topological polar surface area (TPSA) is 205 Å². The van der Waals surface area contributed by atoms with Crippen LogP contribution in [0.2, 0.25) is 0 Å². The van der Waals surface area contributed by atoms with E-state index >= 15 is 0 Å². The van der Waals surface area contributed by atoms with Crippen molar-refractivity contribution in [2.45, 2.75) is 18.8 Å². The predicted molar refractivity (Wildman–Crippen MR) is 98.8 cm³/mol. The van der Waals surface area contributed by atoms with Crippen molar-refractivity contribution in [3.05, 3.63) is 11.1 Å². The second-order valence-corrected chi connectivity index (χ2v) is 8.28. The van der Waals surface area contributed by atoms with Gasteiger partial charge in [0.2, 0.25) is 0 Å². The maximum absolute atomic E-state index is 12.2. The van der Waals surface area contributed by atoms with Crippen molar-refractivity contribution < 1.29 is 37.0 Å². The van der Waals surface area contributed by atoms with Crippen LogP contribution in [-0.2, 0) is 36.1 Å². The van der Waals surface area contributed by atoms with E-state index in [-0.39, 0.29) is 17.5 Å². The Morgan fingerprint density at radius 1 is 1.50 bits per heavy atom. The zero-order valence-corrected chi connectivity index (χ0v) is 16.8. The number of hydrogen-bond donors (Lipinski definition) is 3. The zero-order valence-electron chi connectivity index (χ0n) is 15.2. The van der Waals surface area contributed by atoms with Crippen LogP contribution in [-0.4, -0.2) is 87.8 Å². The maximum Gasteiger partial charge on any atom is 0.364 e. The summed E-state index contributed by atoms with van der Waals surface area (Å²) in [4.78, 5) is 58.6. The molecule has 0 bridgehead atoms. The van der Waals surface area contributed by atoms with E-state index in [0.29, 0.717) is 21.9 Å². The molecule has 2 atom stereocenters. The molecule has 4 N–H and O–H groups in total. The number of imide groups is 1. The van der Waals surface area contributed by atoms with Gasteiger partial charge in [-0.15, -0.1) is 11.3 Å². The molecule has 3 heterocycles. The number of β-lactam (4-membered cyclic amide) rings is 1. The molecule has 2 aliphatic heterocycles. The summed E-state index contributed by atoms with van der Waals surface area (Å²) in [6, 6.07) is -2.51. The van der Waals surface area contributed by atoms with Crippen LogP contribution in [0.15, 0.2) is 10.5 Å². The molecule has 2 fully saturated rings. The largest absolute Gasteiger partial charge is 0.389 e. The van der Waals surface area contributed by atoms with Crippen molar-refractivity contribution in [2.75, 3.05) is 19.3 Å². The minimum absolute atomic E-state index is 0.0623. The normalized spacial score (nSPS) is 22.1. The van der Waals surface area contributed by atoms with E-state index in [0.717, 1.165) is 4.90 Å². The summed E-state index contributed by atoms with van der Waals surface area (Å²) in [5.41, 5.74) is 5.93. The van der Waals surface area contributed by atoms with Gasteiger partial charge in [0.15, 0.2) is 23.9 Å². The lowest BCUT2D eigenvalue weighted by Crippen LogP contribution is -2.77. The van der Waals surface area contributed by atoms with E-state index in [2.05, 4.69) is 15.5 Å². The molecule has 15 nitrogen and oxygen atoms in total. The van der Waals surface area contributed by atoms with Crippen molar-refractivity contribution in [3.63, 3.8) is 0 Å². The number of urea groups is 1. The molecule has 1 aromatic rings. The number of nitrogens with one attached hydrogen (secondary N) is 1. The number of nitrogen functional groups attached to an aromatic ring is 1. The van der Waals surface area contributed by atoms with E-state index in [1.165, 1.54) is 18.4 Å². The molecule has 0 spiro atoms. The summed E-state index contributed by atoms with van der Waals surface area (Å²) in [6.07, 6.45) is -1.09. The molecule has 2 aliphatic rings. The Morgan fingerprint density at radius 3 is 2.73 bits per heavy atom. The number of carbonyl (C=O) groups excluding carboxylic acids is 4. The fourth-order valence-corrected chi connectivity index (χ4v) is 4.13. The number of amides is 5. The Morgan fingerprint density at radius 2 is 2.20 bits per heavy atom. The lowest BCUT2D eigenvalue weighted by molar-refractivity contribution is -0.154. The average Bonchev–Trinajstić information content (AvgIpc) is 3.16. The van der Waals surface area contributed by atoms with Crippen LogP contribution >= 0.6 is 11.3 Å². The molecule has 0 aromatic carbocycles. The van der Waals surface area contributed by atoms with Crippen LogP contribution in [0.5, 0.6) is 0 Å². The number of oxime groups is 1. The number of anilines is 1. The van der Waals surface area contributed by atoms with E-state index < -0.39 is 46.3 Å². The van der Waals surface area contributed by atoms with Crippen LogP contribution in [0.25, 0.3) is 0 Å². The standard InChI is InChI=1S/C13H15N7O8S2/c1-18-3-8(22)19(13(18)24)10-9(11(23)20(10)30(25,26)27)17-7(21)2-15-28-4-6-5-29-12(14)16-6/h2,5,9-10H,3-4H2,1H3,(H2,14,16)(H,17,21)(H,25,26,27)/b15-2+. The molecule has 2 unspecified atom stereocenters. The van der Waals surface area contributed by atoms with E-state index in [4.69, 9.17) is 10.6 Å². The first-order valence-corrected chi connectivity index (χ1v) is 10.3. The van der Waals surface area contributed by atoms with Gasteiger partial charge in [-0.1, -0.05) is 5.16 Å². The molecule has 2 saturated heterocycles. The summed E-state index contributed by atoms with van der Waals surface area (Å²) in [6.45, 7) is -0.442. The summed E-state index contributed by atoms with van der Waals surface area (Å²) >= 11 is 1.18. The first kappa shape index (κ1) is 21.4. The van der Waals surface area contributed by atoms with Gasteiger partial charge in [-0.3, -0.25) is 18.9 Å². The van der Waals surface area contributed by atoms with Gasteiger partial charge in [-0.25, -0.2) is 14.7 Å². The first-order chi connectivity index (χ1) is 14.0. The average molecular weight is 461 g/mol. The van der Waals surface area contributed by atoms with Gasteiger partial charge in [-0.05, 0) is 0 Å². The number of nitrogens with zero attached hydrogens (tertiary/aromatic N) is 5. The maximum atomic E-state index is 12.2. The quantitative estimate of drug-likeness (QED) is 0.129. The smallest absolute Gasteiger partial charge is 0.364 e. The van der Waals surface area contributed by atoms with Crippen molar-refractivity contribution in [1.29, 1.82) is 0 Å². The third-order valence-electron chi connectivity index (χ3n) is 4.03. The Balaban J connectivity index is 1.68. The van der Waals surface area contributed by atoms with Gasteiger partial charge in [0, 0.05) is 12.4 Å². The molecule has 0 aliphatic carbocycles. The molecule has 1 aromatic heterocycles. The van der Waals surface area contributed by atoms with Crippen LogP contribution in [0.4, 0.5) is 9.93 Å². The molecule has 162 valence electrons. The molecule has 5 amide bonds. The Kier molecular flexibility index (Phi) is 5.59. The molecular weight excluding hydrogens is 446 g/mol. The number of hydrogen-bond acceptors (Lipinski definition) is 11. The third kappa shape index (κ3) is 4.02. The fraction of sp³-hybridized carbons (Fsp3) is 0.385. The second kappa shape index (κ2) is 7.84. The molecule has 30 heavy (non-hydrogen) atoms. The highest BCUT2D eigenvalue weighted by Gasteiger charge is 2.60. The predicted octanol–water partition coefficient (Wildman–Crippen LogP) is -2.42. The highest BCUT2D eigenvalue weighted by atomic mass is 32.2. The fourth-order valence-electron chi connectivity index (χ4n) is 2.75. The van der Waals surface area contributed by atoms with Crippen LogP contribution in [0.3, 0.4) is 0 Å². The minimum atomic E-state index is -5.09. The Hall–Kier alpha value is -3.31. The number of carbonyl (C=O) groups is 4. The summed E-state index contributed by atoms with van der Waals surface area (Å²) in [7, 11) is -3.81. The second-order valence-electron chi connectivity index (χ2n) is 6.10. The van der Waals surface area contributed by atoms with Crippen molar-refractivity contribution >= 4 is 56.7 Å². The number of thiazole rings is 1. The van der Waals surface area contributed by atoms with Crippen LogP contribution in [0, 0.1) is 0 Å². The molecule has 3 rings (SSSR count).